The fraction of sp³-hybridized carbons (Fsp3) is 0.375. The number of halogens is 1. The lowest BCUT2D eigenvalue weighted by Gasteiger charge is -2.14. The number of aryl methyl sites for hydroxylation is 1. The molecule has 1 aromatic heterocycles. The average Bonchev–Trinajstić information content (AvgIpc) is 3.16. The standard InChI is InChI=1S/C16H17BrN2O2/c17-13-5-3-4-12(10-13)14-11-18-15(21-14)6-7-16(20)19-8-1-2-9-19/h3-5,10-11H,1-2,6-9H2. The smallest absolute Gasteiger partial charge is 0.223 e. The highest BCUT2D eigenvalue weighted by Gasteiger charge is 2.18. The lowest BCUT2D eigenvalue weighted by atomic mass is 10.2. The molecule has 1 fully saturated rings. The van der Waals surface area contributed by atoms with Crippen LogP contribution < -0.4 is 0 Å². The quantitative estimate of drug-likeness (QED) is 0.846. The zero-order valence-corrected chi connectivity index (χ0v) is 13.3. The Kier molecular flexibility index (Phi) is 4.39. The first kappa shape index (κ1) is 14.3. The van der Waals surface area contributed by atoms with E-state index in [1.54, 1.807) is 6.20 Å². The number of aromatic nitrogens is 1. The maximum Gasteiger partial charge on any atom is 0.223 e. The van der Waals surface area contributed by atoms with Crippen molar-refractivity contribution in [3.8, 4) is 11.3 Å². The summed E-state index contributed by atoms with van der Waals surface area (Å²) in [6.45, 7) is 1.79. The third-order valence-corrected chi connectivity index (χ3v) is 4.17. The molecule has 3 rings (SSSR count). The van der Waals surface area contributed by atoms with E-state index < -0.39 is 0 Å². The van der Waals surface area contributed by atoms with E-state index >= 15 is 0 Å². The number of rotatable bonds is 4. The molecule has 0 unspecified atom stereocenters. The molecule has 2 heterocycles. The van der Waals surface area contributed by atoms with Gasteiger partial charge in [-0.2, -0.15) is 0 Å². The van der Waals surface area contributed by atoms with Crippen LogP contribution in [0.2, 0.25) is 0 Å². The predicted octanol–water partition coefficient (Wildman–Crippen LogP) is 3.66. The second kappa shape index (κ2) is 6.43. The molecule has 1 aliphatic heterocycles. The average molecular weight is 349 g/mol. The van der Waals surface area contributed by atoms with Crippen LogP contribution in [0.1, 0.15) is 25.2 Å². The maximum atomic E-state index is 12.0. The molecule has 1 aromatic carbocycles. The SMILES string of the molecule is O=C(CCc1ncc(-c2cccc(Br)c2)o1)N1CCCC1. The van der Waals surface area contributed by atoms with Gasteiger partial charge in [0.15, 0.2) is 11.7 Å². The predicted molar refractivity (Wildman–Crippen MR) is 83.8 cm³/mol. The van der Waals surface area contributed by atoms with Gasteiger partial charge in [-0.3, -0.25) is 4.79 Å². The summed E-state index contributed by atoms with van der Waals surface area (Å²) in [7, 11) is 0. The summed E-state index contributed by atoms with van der Waals surface area (Å²) in [5.41, 5.74) is 0.981. The van der Waals surface area contributed by atoms with Gasteiger partial charge in [-0.25, -0.2) is 4.98 Å². The van der Waals surface area contributed by atoms with E-state index in [1.165, 1.54) is 0 Å². The van der Waals surface area contributed by atoms with Gasteiger partial charge in [0.1, 0.15) is 0 Å². The molecule has 0 bridgehead atoms. The number of carbonyl (C=O) groups is 1. The number of carbonyl (C=O) groups excluding carboxylic acids is 1. The Balaban J connectivity index is 1.61. The van der Waals surface area contributed by atoms with Crippen LogP contribution in [0.15, 0.2) is 39.4 Å². The van der Waals surface area contributed by atoms with E-state index in [1.807, 2.05) is 29.2 Å². The van der Waals surface area contributed by atoms with Crippen molar-refractivity contribution < 1.29 is 9.21 Å². The van der Waals surface area contributed by atoms with Gasteiger partial charge in [-0.15, -0.1) is 0 Å². The topological polar surface area (TPSA) is 46.3 Å². The number of oxazole rings is 1. The Bertz CT molecular complexity index is 633. The Morgan fingerprint density at radius 1 is 1.33 bits per heavy atom. The lowest BCUT2D eigenvalue weighted by molar-refractivity contribution is -0.130. The van der Waals surface area contributed by atoms with Gasteiger partial charge in [-0.05, 0) is 25.0 Å². The molecular weight excluding hydrogens is 332 g/mol. The Labute approximate surface area is 132 Å². The summed E-state index contributed by atoms with van der Waals surface area (Å²) in [5.74, 6) is 1.56. The number of likely N-dealkylation sites (tertiary alicyclic amines) is 1. The Morgan fingerprint density at radius 3 is 2.90 bits per heavy atom. The van der Waals surface area contributed by atoms with Gasteiger partial charge in [0.2, 0.25) is 5.91 Å². The molecule has 0 spiro atoms. The lowest BCUT2D eigenvalue weighted by Crippen LogP contribution is -2.27. The number of amides is 1. The molecule has 0 aliphatic carbocycles. The normalized spacial score (nSPS) is 14.6. The molecule has 1 amide bonds. The van der Waals surface area contributed by atoms with Crippen molar-refractivity contribution in [2.45, 2.75) is 25.7 Å². The summed E-state index contributed by atoms with van der Waals surface area (Å²) >= 11 is 3.44. The number of benzene rings is 1. The van der Waals surface area contributed by atoms with E-state index in [-0.39, 0.29) is 5.91 Å². The molecule has 0 saturated carbocycles. The highest BCUT2D eigenvalue weighted by Crippen LogP contribution is 2.24. The van der Waals surface area contributed by atoms with Crippen molar-refractivity contribution in [1.82, 2.24) is 9.88 Å². The first-order chi connectivity index (χ1) is 10.2. The molecule has 110 valence electrons. The highest BCUT2D eigenvalue weighted by atomic mass is 79.9. The zero-order chi connectivity index (χ0) is 14.7. The Hall–Kier alpha value is -1.62. The van der Waals surface area contributed by atoms with Gasteiger partial charge in [-0.1, -0.05) is 28.1 Å². The fourth-order valence-electron chi connectivity index (χ4n) is 2.54. The van der Waals surface area contributed by atoms with E-state index in [2.05, 4.69) is 20.9 Å². The first-order valence-corrected chi connectivity index (χ1v) is 8.00. The van der Waals surface area contributed by atoms with Gasteiger partial charge in [0.05, 0.1) is 6.20 Å². The summed E-state index contributed by atoms with van der Waals surface area (Å²) in [5, 5.41) is 0. The van der Waals surface area contributed by atoms with Crippen LogP contribution in [0.5, 0.6) is 0 Å². The van der Waals surface area contributed by atoms with Crippen molar-refractivity contribution in [2.24, 2.45) is 0 Å². The summed E-state index contributed by atoms with van der Waals surface area (Å²) in [4.78, 5) is 18.2. The molecule has 4 nitrogen and oxygen atoms in total. The van der Waals surface area contributed by atoms with Crippen LogP contribution in [-0.2, 0) is 11.2 Å². The van der Waals surface area contributed by atoms with Gasteiger partial charge in [0, 0.05) is 36.0 Å². The third kappa shape index (κ3) is 3.53. The Morgan fingerprint density at radius 2 is 2.14 bits per heavy atom. The van der Waals surface area contributed by atoms with E-state index in [0.717, 1.165) is 41.7 Å². The number of hydrogen-bond acceptors (Lipinski definition) is 3. The number of hydrogen-bond donors (Lipinski definition) is 0. The largest absolute Gasteiger partial charge is 0.441 e. The van der Waals surface area contributed by atoms with Crippen molar-refractivity contribution in [3.63, 3.8) is 0 Å². The van der Waals surface area contributed by atoms with Crippen LogP contribution in [0, 0.1) is 0 Å². The van der Waals surface area contributed by atoms with Gasteiger partial charge in [0.25, 0.3) is 0 Å². The first-order valence-electron chi connectivity index (χ1n) is 7.21. The van der Waals surface area contributed by atoms with Crippen molar-refractivity contribution in [1.29, 1.82) is 0 Å². The van der Waals surface area contributed by atoms with Crippen LogP contribution in [0.3, 0.4) is 0 Å². The molecule has 5 heteroatoms. The molecule has 0 radical (unpaired) electrons. The molecule has 1 saturated heterocycles. The van der Waals surface area contributed by atoms with E-state index in [4.69, 9.17) is 4.42 Å². The van der Waals surface area contributed by atoms with Crippen molar-refractivity contribution in [2.75, 3.05) is 13.1 Å². The minimum absolute atomic E-state index is 0.203. The minimum Gasteiger partial charge on any atom is -0.441 e. The molecule has 21 heavy (non-hydrogen) atoms. The van der Waals surface area contributed by atoms with Gasteiger partial charge >= 0.3 is 0 Å². The highest BCUT2D eigenvalue weighted by molar-refractivity contribution is 9.10. The van der Waals surface area contributed by atoms with Crippen molar-refractivity contribution >= 4 is 21.8 Å². The molecule has 0 N–H and O–H groups in total. The van der Waals surface area contributed by atoms with Crippen LogP contribution in [0.25, 0.3) is 11.3 Å². The molecular formula is C16H17BrN2O2. The monoisotopic (exact) mass is 348 g/mol. The molecule has 1 aliphatic rings. The van der Waals surface area contributed by atoms with E-state index in [9.17, 15) is 4.79 Å². The molecule has 0 atom stereocenters. The van der Waals surface area contributed by atoms with Gasteiger partial charge < -0.3 is 9.32 Å². The number of nitrogens with zero attached hydrogens (tertiary/aromatic N) is 2. The molecule has 2 aromatic rings. The third-order valence-electron chi connectivity index (χ3n) is 3.67. The summed E-state index contributed by atoms with van der Waals surface area (Å²) in [6.07, 6.45) is 4.99. The zero-order valence-electron chi connectivity index (χ0n) is 11.7. The van der Waals surface area contributed by atoms with E-state index in [0.29, 0.717) is 18.7 Å². The fourth-order valence-corrected chi connectivity index (χ4v) is 2.94. The summed E-state index contributed by atoms with van der Waals surface area (Å²) < 4.78 is 6.74. The van der Waals surface area contributed by atoms with Crippen LogP contribution in [0.4, 0.5) is 0 Å². The second-order valence-electron chi connectivity index (χ2n) is 5.22. The van der Waals surface area contributed by atoms with Crippen molar-refractivity contribution in [3.05, 3.63) is 40.8 Å². The van der Waals surface area contributed by atoms with Crippen LogP contribution in [-0.4, -0.2) is 28.9 Å². The maximum absolute atomic E-state index is 12.0. The van der Waals surface area contributed by atoms with Crippen LogP contribution >= 0.6 is 15.9 Å². The summed E-state index contributed by atoms with van der Waals surface area (Å²) in [6, 6.07) is 7.89. The minimum atomic E-state index is 0.203. The second-order valence-corrected chi connectivity index (χ2v) is 6.13.